The lowest BCUT2D eigenvalue weighted by Gasteiger charge is -2.37. The molecule has 38 heavy (non-hydrogen) atoms. The van der Waals surface area contributed by atoms with Crippen LogP contribution >= 0.6 is 0 Å². The zero-order chi connectivity index (χ0) is 26.5. The number of hydrogen-bond acceptors (Lipinski definition) is 8. The van der Waals surface area contributed by atoms with Gasteiger partial charge in [0.05, 0.1) is 5.69 Å². The highest BCUT2D eigenvalue weighted by Crippen LogP contribution is 2.29. The van der Waals surface area contributed by atoms with Gasteiger partial charge in [0.25, 0.3) is 0 Å². The molecule has 2 saturated heterocycles. The van der Waals surface area contributed by atoms with E-state index in [9.17, 15) is 5.26 Å². The lowest BCUT2D eigenvalue weighted by molar-refractivity contribution is 0.134. The summed E-state index contributed by atoms with van der Waals surface area (Å²) < 4.78 is 8.57. The summed E-state index contributed by atoms with van der Waals surface area (Å²) in [5.41, 5.74) is 3.29. The van der Waals surface area contributed by atoms with Gasteiger partial charge < -0.3 is 19.1 Å². The van der Waals surface area contributed by atoms with Crippen molar-refractivity contribution < 1.29 is 4.74 Å². The molecule has 1 aromatic carbocycles. The molecule has 0 saturated carbocycles. The first-order valence-corrected chi connectivity index (χ1v) is 13.9. The molecule has 3 aromatic rings. The van der Waals surface area contributed by atoms with Crippen molar-refractivity contribution in [1.82, 2.24) is 29.2 Å². The smallest absolute Gasteiger partial charge is 0.234 e. The fraction of sp³-hybridized carbons (Fsp3) is 0.552. The quantitative estimate of drug-likeness (QED) is 0.430. The second kappa shape index (κ2) is 12.1. The predicted octanol–water partition coefficient (Wildman–Crippen LogP) is 2.91. The van der Waals surface area contributed by atoms with Gasteiger partial charge in [-0.25, -0.2) is 9.97 Å². The molecule has 0 unspecified atom stereocenters. The van der Waals surface area contributed by atoms with Crippen LogP contribution in [-0.2, 0) is 13.1 Å². The third-order valence-corrected chi connectivity index (χ3v) is 7.59. The third-order valence-electron chi connectivity index (χ3n) is 7.59. The van der Waals surface area contributed by atoms with Crippen molar-refractivity contribution in [3.05, 3.63) is 48.0 Å². The molecule has 5 rings (SSSR count). The zero-order valence-corrected chi connectivity index (χ0v) is 23.0. The van der Waals surface area contributed by atoms with Crippen LogP contribution in [0.4, 0.5) is 5.69 Å². The largest absolute Gasteiger partial charge is 0.490 e. The van der Waals surface area contributed by atoms with Crippen LogP contribution in [0.5, 0.6) is 5.75 Å². The number of piperazine rings is 2. The highest BCUT2D eigenvalue weighted by atomic mass is 16.5. The maximum Gasteiger partial charge on any atom is 0.234 e. The van der Waals surface area contributed by atoms with Crippen molar-refractivity contribution in [2.24, 2.45) is 5.92 Å². The van der Waals surface area contributed by atoms with E-state index in [1.165, 1.54) is 11.4 Å². The Kier molecular flexibility index (Phi) is 8.42. The Morgan fingerprint density at radius 1 is 1.00 bits per heavy atom. The van der Waals surface area contributed by atoms with E-state index in [-0.39, 0.29) is 5.82 Å². The van der Waals surface area contributed by atoms with Gasteiger partial charge in [0.2, 0.25) is 5.82 Å². The van der Waals surface area contributed by atoms with E-state index in [0.29, 0.717) is 5.92 Å². The summed E-state index contributed by atoms with van der Waals surface area (Å²) in [5.74, 6) is 1.69. The molecule has 9 heteroatoms. The third kappa shape index (κ3) is 6.26. The maximum absolute atomic E-state index is 9.28. The number of ether oxygens (including phenoxy) is 1. The first-order chi connectivity index (χ1) is 18.5. The van der Waals surface area contributed by atoms with Crippen molar-refractivity contribution in [3.8, 4) is 11.8 Å². The summed E-state index contributed by atoms with van der Waals surface area (Å²) in [5, 5.41) is 10.3. The normalized spacial score (nSPS) is 17.8. The number of anilines is 1. The zero-order valence-electron chi connectivity index (χ0n) is 23.0. The van der Waals surface area contributed by atoms with Gasteiger partial charge >= 0.3 is 0 Å². The standard InChI is InChI=1S/C29H40N8O/c1-23(2)21-37-25(18-24-20-31-28(19-30)32-29(24)37)22-35-12-14-36(15-13-35)26-6-4-5-7-27(26)38-17-16-34-10-8-33(3)9-11-34/h4-7,18,20,23H,8-17,21-22H2,1-3H3. The predicted molar refractivity (Wildman–Crippen MR) is 150 cm³/mol. The number of likely N-dealkylation sites (N-methyl/N-ethyl adjacent to an activating group) is 1. The first kappa shape index (κ1) is 26.4. The van der Waals surface area contributed by atoms with Gasteiger partial charge in [-0.1, -0.05) is 26.0 Å². The van der Waals surface area contributed by atoms with E-state index in [1.807, 2.05) is 0 Å². The lowest BCUT2D eigenvalue weighted by atomic mass is 10.2. The Morgan fingerprint density at radius 2 is 1.74 bits per heavy atom. The highest BCUT2D eigenvalue weighted by Gasteiger charge is 2.22. The van der Waals surface area contributed by atoms with Gasteiger partial charge in [0.1, 0.15) is 24.1 Å². The van der Waals surface area contributed by atoms with Crippen LogP contribution in [0.15, 0.2) is 36.5 Å². The Labute approximate surface area is 226 Å². The number of rotatable bonds is 9. The Bertz CT molecular complexity index is 1250. The molecular weight excluding hydrogens is 476 g/mol. The van der Waals surface area contributed by atoms with Crippen LogP contribution in [0, 0.1) is 17.2 Å². The number of fused-ring (bicyclic) bond motifs is 1. The van der Waals surface area contributed by atoms with E-state index in [0.717, 1.165) is 95.4 Å². The number of para-hydroxylation sites is 2. The second-order valence-corrected chi connectivity index (χ2v) is 10.9. The van der Waals surface area contributed by atoms with Crippen LogP contribution in [0.2, 0.25) is 0 Å². The average Bonchev–Trinajstić information content (AvgIpc) is 3.26. The van der Waals surface area contributed by atoms with E-state index < -0.39 is 0 Å². The molecule has 0 N–H and O–H groups in total. The van der Waals surface area contributed by atoms with Crippen molar-refractivity contribution in [2.75, 3.05) is 77.5 Å². The van der Waals surface area contributed by atoms with Crippen LogP contribution in [-0.4, -0.2) is 102 Å². The molecule has 2 fully saturated rings. The first-order valence-electron chi connectivity index (χ1n) is 13.9. The summed E-state index contributed by atoms with van der Waals surface area (Å²) in [4.78, 5) is 18.6. The minimum absolute atomic E-state index is 0.227. The van der Waals surface area contributed by atoms with Crippen molar-refractivity contribution in [2.45, 2.75) is 26.9 Å². The Balaban J connectivity index is 1.20. The topological polar surface area (TPSA) is 76.7 Å². The van der Waals surface area contributed by atoms with Crippen LogP contribution in [0.3, 0.4) is 0 Å². The molecule has 0 radical (unpaired) electrons. The molecule has 2 aliphatic rings. The van der Waals surface area contributed by atoms with Crippen LogP contribution < -0.4 is 9.64 Å². The molecule has 0 aliphatic carbocycles. The summed E-state index contributed by atoms with van der Waals surface area (Å²) in [6, 6.07) is 12.7. The second-order valence-electron chi connectivity index (χ2n) is 10.9. The number of hydrogen-bond donors (Lipinski definition) is 0. The minimum atomic E-state index is 0.227. The summed E-state index contributed by atoms with van der Waals surface area (Å²) >= 11 is 0. The van der Waals surface area contributed by atoms with Crippen LogP contribution in [0.1, 0.15) is 25.4 Å². The minimum Gasteiger partial charge on any atom is -0.490 e. The van der Waals surface area contributed by atoms with Gasteiger partial charge in [-0.15, -0.1) is 0 Å². The molecule has 0 spiro atoms. The van der Waals surface area contributed by atoms with Crippen LogP contribution in [0.25, 0.3) is 11.0 Å². The van der Waals surface area contributed by atoms with Crippen molar-refractivity contribution in [3.63, 3.8) is 0 Å². The summed E-state index contributed by atoms with van der Waals surface area (Å²) in [7, 11) is 2.19. The Morgan fingerprint density at radius 3 is 2.47 bits per heavy atom. The fourth-order valence-electron chi connectivity index (χ4n) is 5.42. The van der Waals surface area contributed by atoms with E-state index >= 15 is 0 Å². The number of nitrogens with zero attached hydrogens (tertiary/aromatic N) is 8. The van der Waals surface area contributed by atoms with E-state index in [4.69, 9.17) is 4.74 Å². The van der Waals surface area contributed by atoms with Gasteiger partial charge in [0, 0.05) is 89.3 Å². The molecule has 2 aliphatic heterocycles. The highest BCUT2D eigenvalue weighted by molar-refractivity contribution is 5.77. The monoisotopic (exact) mass is 516 g/mol. The molecule has 0 bridgehead atoms. The summed E-state index contributed by atoms with van der Waals surface area (Å²) in [6.07, 6.45) is 1.78. The molecule has 0 atom stereocenters. The Hall–Kier alpha value is -3.19. The van der Waals surface area contributed by atoms with E-state index in [2.05, 4.69) is 91.4 Å². The van der Waals surface area contributed by atoms with Crippen molar-refractivity contribution in [1.29, 1.82) is 5.26 Å². The molecule has 9 nitrogen and oxygen atoms in total. The van der Waals surface area contributed by atoms with Gasteiger partial charge in [-0.3, -0.25) is 9.80 Å². The van der Waals surface area contributed by atoms with E-state index in [1.54, 1.807) is 6.20 Å². The molecule has 0 amide bonds. The molecule has 202 valence electrons. The van der Waals surface area contributed by atoms with Gasteiger partial charge in [-0.2, -0.15) is 5.26 Å². The lowest BCUT2D eigenvalue weighted by Crippen LogP contribution is -2.46. The fourth-order valence-corrected chi connectivity index (χ4v) is 5.42. The van der Waals surface area contributed by atoms with Gasteiger partial charge in [0.15, 0.2) is 0 Å². The number of nitriles is 1. The van der Waals surface area contributed by atoms with Gasteiger partial charge in [-0.05, 0) is 31.2 Å². The molecule has 2 aromatic heterocycles. The SMILES string of the molecule is CC(C)Cn1c(CN2CCN(c3ccccc3OCCN3CCN(C)CC3)CC2)cc2cnc(C#N)nc21. The average molecular weight is 517 g/mol. The maximum atomic E-state index is 9.28. The summed E-state index contributed by atoms with van der Waals surface area (Å²) in [6.45, 7) is 16.2. The number of benzene rings is 1. The molecule has 4 heterocycles. The number of aromatic nitrogens is 3. The molecular formula is C29H40N8O. The van der Waals surface area contributed by atoms with Crippen molar-refractivity contribution >= 4 is 16.7 Å².